The average molecular weight is 857 g/mol. The highest BCUT2D eigenvalue weighted by Crippen LogP contribution is 2.46. The van der Waals surface area contributed by atoms with Crippen LogP contribution in [0.25, 0.3) is 10.9 Å². The van der Waals surface area contributed by atoms with Gasteiger partial charge in [0.25, 0.3) is 5.91 Å². The molecule has 9 rings (SSSR count). The van der Waals surface area contributed by atoms with E-state index in [1.807, 2.05) is 36.0 Å². The molecule has 328 valence electrons. The molecule has 0 radical (unpaired) electrons. The van der Waals surface area contributed by atoms with E-state index in [-0.39, 0.29) is 35.3 Å². The fourth-order valence-corrected chi connectivity index (χ4v) is 12.1. The minimum Gasteiger partial charge on any atom is -0.371 e. The molecule has 62 heavy (non-hydrogen) atoms. The van der Waals surface area contributed by atoms with E-state index in [0.717, 1.165) is 75.4 Å². The Morgan fingerprint density at radius 3 is 2.29 bits per heavy atom. The molecule has 3 fully saturated rings. The van der Waals surface area contributed by atoms with Crippen molar-refractivity contribution in [3.8, 4) is 0 Å². The zero-order chi connectivity index (χ0) is 43.0. The van der Waals surface area contributed by atoms with Crippen LogP contribution in [-0.4, -0.2) is 107 Å². The summed E-state index contributed by atoms with van der Waals surface area (Å²) >= 11 is 1.82. The van der Waals surface area contributed by atoms with Gasteiger partial charge in [-0.15, -0.1) is 11.8 Å². The maximum atomic E-state index is 14.1. The van der Waals surface area contributed by atoms with Gasteiger partial charge in [-0.25, -0.2) is 0 Å². The van der Waals surface area contributed by atoms with Crippen molar-refractivity contribution in [3.63, 3.8) is 0 Å². The van der Waals surface area contributed by atoms with E-state index >= 15 is 0 Å². The van der Waals surface area contributed by atoms with Crippen LogP contribution >= 0.6 is 11.8 Å². The Hall–Kier alpha value is -4.45. The number of carbonyl (C=O) groups is 4. The number of H-pyrrole nitrogens is 1. The number of aryl methyl sites for hydroxylation is 1. The third-order valence-corrected chi connectivity index (χ3v) is 15.9. The van der Waals surface area contributed by atoms with Gasteiger partial charge in [-0.2, -0.15) is 0 Å². The predicted octanol–water partition coefficient (Wildman–Crippen LogP) is 8.47. The van der Waals surface area contributed by atoms with Crippen LogP contribution in [0.1, 0.15) is 140 Å². The number of thioether (sulfide) groups is 1. The third-order valence-electron chi connectivity index (χ3n) is 14.7. The van der Waals surface area contributed by atoms with Crippen molar-refractivity contribution < 1.29 is 19.2 Å². The number of hydrogen-bond acceptors (Lipinski definition) is 8. The summed E-state index contributed by atoms with van der Waals surface area (Å²) in [6.07, 6.45) is 12.8. The first kappa shape index (κ1) is 42.8. The zero-order valence-electron chi connectivity index (χ0n) is 37.0. The zero-order valence-corrected chi connectivity index (χ0v) is 37.8. The number of unbranched alkanes of at least 4 members (excludes halogenated alkanes) is 6. The van der Waals surface area contributed by atoms with E-state index in [0.29, 0.717) is 24.6 Å². The number of rotatable bonds is 15. The number of carbonyl (C=O) groups excluding carboxylic acids is 4. The number of piperazine rings is 1. The molecule has 3 amide bonds. The van der Waals surface area contributed by atoms with E-state index in [9.17, 15) is 19.2 Å². The summed E-state index contributed by atoms with van der Waals surface area (Å²) in [4.78, 5) is 65.7. The summed E-state index contributed by atoms with van der Waals surface area (Å²) in [6, 6.07) is 18.8. The third kappa shape index (κ3) is 8.37. The molecule has 0 spiro atoms. The van der Waals surface area contributed by atoms with Gasteiger partial charge in [0, 0.05) is 102 Å². The molecule has 1 unspecified atom stereocenters. The molecular weight excluding hydrogens is 793 g/mol. The van der Waals surface area contributed by atoms with Crippen molar-refractivity contribution in [1.29, 1.82) is 0 Å². The summed E-state index contributed by atoms with van der Waals surface area (Å²) in [5.41, 5.74) is 8.99. The summed E-state index contributed by atoms with van der Waals surface area (Å²) in [5.74, 6) is 0.462. The number of imide groups is 1. The molecule has 3 saturated heterocycles. The lowest BCUT2D eigenvalue weighted by molar-refractivity contribution is -0.136. The van der Waals surface area contributed by atoms with Gasteiger partial charge in [0.1, 0.15) is 6.04 Å². The topological polar surface area (TPSA) is 109 Å². The largest absolute Gasteiger partial charge is 0.371 e. The van der Waals surface area contributed by atoms with Crippen LogP contribution in [0, 0.1) is 0 Å². The molecule has 0 bridgehead atoms. The first-order chi connectivity index (χ1) is 30.1. The van der Waals surface area contributed by atoms with Crippen LogP contribution in [0.3, 0.4) is 0 Å². The number of ketones is 1. The van der Waals surface area contributed by atoms with E-state index < -0.39 is 6.04 Å². The van der Waals surface area contributed by atoms with Crippen molar-refractivity contribution in [3.05, 3.63) is 93.7 Å². The Bertz CT molecular complexity index is 2340. The smallest absolute Gasteiger partial charge is 0.255 e. The van der Waals surface area contributed by atoms with Gasteiger partial charge in [0.15, 0.2) is 5.78 Å². The number of aromatic nitrogens is 1. The van der Waals surface area contributed by atoms with Crippen LogP contribution in [0.5, 0.6) is 0 Å². The number of benzene rings is 3. The van der Waals surface area contributed by atoms with Crippen molar-refractivity contribution in [2.24, 2.45) is 0 Å². The van der Waals surface area contributed by atoms with E-state index in [2.05, 4.69) is 76.1 Å². The molecule has 10 nitrogen and oxygen atoms in total. The lowest BCUT2D eigenvalue weighted by Gasteiger charge is -2.44. The number of hydrogen-bond donors (Lipinski definition) is 2. The van der Waals surface area contributed by atoms with Gasteiger partial charge < -0.3 is 19.7 Å². The first-order valence-corrected chi connectivity index (χ1v) is 24.5. The molecular formula is C51H64N6O4S. The Labute approximate surface area is 371 Å². The van der Waals surface area contributed by atoms with Crippen LogP contribution in [-0.2, 0) is 28.0 Å². The van der Waals surface area contributed by atoms with Gasteiger partial charge in [-0.05, 0) is 97.8 Å². The maximum Gasteiger partial charge on any atom is 0.255 e. The van der Waals surface area contributed by atoms with Crippen LogP contribution in [0.15, 0.2) is 59.5 Å². The SMILES string of the molecule is CCc1cc2c(cc1N1CCC(N3CCN(CCCCCCCCCSc4cccc5c4CN(C4CCC(=O)NC4=O)C5=O)CC3)CC1)C(C)(C)c1[nH]c3ccccc3c1C2=O. The molecule has 1 aliphatic carbocycles. The number of aromatic amines is 1. The summed E-state index contributed by atoms with van der Waals surface area (Å²) < 4.78 is 0. The standard InChI is InChI=1S/C51H64N6O4S/c1-4-34-31-38-40(51(2,3)48-46(47(38)59)37-15-10-11-17-41(37)52-48)32-43(34)56-24-21-35(22-25-56)55-28-26-54(27-29-55)23-12-8-6-5-7-9-13-30-62-44-18-14-16-36-39(44)33-57(50(36)61)42-19-20-45(58)53-49(42)60/h10-11,14-18,31-32,35,42,52H,4-9,12-13,19-30,33H2,1-3H3,(H,53,58,60). The number of piperidine rings is 2. The second-order valence-electron chi connectivity index (χ2n) is 18.9. The fraction of sp³-hybridized carbons (Fsp3) is 0.529. The Balaban J connectivity index is 0.660. The highest BCUT2D eigenvalue weighted by atomic mass is 32.2. The Morgan fingerprint density at radius 1 is 0.790 bits per heavy atom. The predicted molar refractivity (Wildman–Crippen MR) is 248 cm³/mol. The lowest BCUT2D eigenvalue weighted by Crippen LogP contribution is -2.53. The van der Waals surface area contributed by atoms with Gasteiger partial charge in [-0.3, -0.25) is 29.4 Å². The molecule has 0 saturated carbocycles. The normalized spacial score (nSPS) is 20.8. The van der Waals surface area contributed by atoms with Crippen molar-refractivity contribution >= 4 is 51.9 Å². The summed E-state index contributed by atoms with van der Waals surface area (Å²) in [7, 11) is 0. The molecule has 4 aromatic rings. The molecule has 5 heterocycles. The Morgan fingerprint density at radius 2 is 1.53 bits per heavy atom. The molecule has 3 aromatic carbocycles. The number of para-hydroxylation sites is 1. The van der Waals surface area contributed by atoms with Gasteiger partial charge >= 0.3 is 0 Å². The molecule has 5 aliphatic rings. The van der Waals surface area contributed by atoms with E-state index in [4.69, 9.17) is 0 Å². The van der Waals surface area contributed by atoms with Gasteiger partial charge in [0.2, 0.25) is 11.8 Å². The van der Waals surface area contributed by atoms with E-state index in [1.54, 1.807) is 4.90 Å². The first-order valence-electron chi connectivity index (χ1n) is 23.6. The number of nitrogens with zero attached hydrogens (tertiary/aromatic N) is 4. The quantitative estimate of drug-likeness (QED) is 0.0697. The monoisotopic (exact) mass is 856 g/mol. The molecule has 1 atom stereocenters. The highest BCUT2D eigenvalue weighted by Gasteiger charge is 2.42. The van der Waals surface area contributed by atoms with Crippen molar-refractivity contribution in [2.45, 2.75) is 127 Å². The average Bonchev–Trinajstić information content (AvgIpc) is 3.85. The molecule has 2 N–H and O–H groups in total. The second kappa shape index (κ2) is 18.3. The second-order valence-corrected chi connectivity index (χ2v) is 20.0. The maximum absolute atomic E-state index is 14.1. The van der Waals surface area contributed by atoms with Crippen LogP contribution in [0.4, 0.5) is 5.69 Å². The summed E-state index contributed by atoms with van der Waals surface area (Å²) in [5, 5.41) is 3.42. The van der Waals surface area contributed by atoms with Gasteiger partial charge in [-0.1, -0.05) is 77.1 Å². The lowest BCUT2D eigenvalue weighted by atomic mass is 9.70. The number of anilines is 1. The van der Waals surface area contributed by atoms with Gasteiger partial charge in [0.05, 0.1) is 5.56 Å². The highest BCUT2D eigenvalue weighted by molar-refractivity contribution is 7.99. The van der Waals surface area contributed by atoms with Crippen molar-refractivity contribution in [2.75, 3.05) is 56.5 Å². The van der Waals surface area contributed by atoms with Crippen LogP contribution < -0.4 is 10.2 Å². The molecule has 1 aromatic heterocycles. The molecule has 4 aliphatic heterocycles. The minimum atomic E-state index is -0.570. The number of fused-ring (bicyclic) bond motifs is 5. The number of nitrogens with one attached hydrogen (secondary N) is 2. The minimum absolute atomic E-state index is 0.101. The molecule has 11 heteroatoms. The number of amides is 3. The fourth-order valence-electron chi connectivity index (χ4n) is 11.1. The van der Waals surface area contributed by atoms with Crippen LogP contribution in [0.2, 0.25) is 0 Å². The van der Waals surface area contributed by atoms with Crippen molar-refractivity contribution in [1.82, 2.24) is 25.0 Å². The Kier molecular flexibility index (Phi) is 12.7. The summed E-state index contributed by atoms with van der Waals surface area (Å²) in [6.45, 7) is 15.2. The van der Waals surface area contributed by atoms with E-state index in [1.165, 1.54) is 95.3 Å².